The smallest absolute Gasteiger partial charge is 0.0487 e. The Labute approximate surface area is 105 Å². The number of benzene rings is 2. The van der Waals surface area contributed by atoms with E-state index >= 15 is 0 Å². The summed E-state index contributed by atoms with van der Waals surface area (Å²) >= 11 is 12.1. The molecule has 0 atom stereocenters. The molecule has 0 unspecified atom stereocenters. The zero-order valence-electron chi connectivity index (χ0n) is 8.58. The van der Waals surface area contributed by atoms with Gasteiger partial charge in [-0.1, -0.05) is 47.5 Å². The van der Waals surface area contributed by atoms with Crippen molar-refractivity contribution in [2.45, 2.75) is 6.54 Å². The van der Waals surface area contributed by atoms with Gasteiger partial charge in [0.1, 0.15) is 0 Å². The van der Waals surface area contributed by atoms with Crippen molar-refractivity contribution in [3.8, 4) is 11.1 Å². The van der Waals surface area contributed by atoms with Gasteiger partial charge < -0.3 is 5.73 Å². The second-order valence-electron chi connectivity index (χ2n) is 3.53. The van der Waals surface area contributed by atoms with Crippen molar-refractivity contribution in [2.24, 2.45) is 5.73 Å². The SMILES string of the molecule is NCc1ccc(-c2cccc(Cl)c2)c(Cl)c1. The van der Waals surface area contributed by atoms with Gasteiger partial charge in [0.2, 0.25) is 0 Å². The Morgan fingerprint density at radius 3 is 2.44 bits per heavy atom. The van der Waals surface area contributed by atoms with E-state index in [2.05, 4.69) is 0 Å². The molecule has 2 aromatic carbocycles. The van der Waals surface area contributed by atoms with E-state index in [0.29, 0.717) is 16.6 Å². The van der Waals surface area contributed by atoms with Gasteiger partial charge >= 0.3 is 0 Å². The van der Waals surface area contributed by atoms with Gasteiger partial charge in [0.25, 0.3) is 0 Å². The highest BCUT2D eigenvalue weighted by atomic mass is 35.5. The lowest BCUT2D eigenvalue weighted by Gasteiger charge is -2.06. The van der Waals surface area contributed by atoms with Crippen LogP contribution < -0.4 is 5.73 Å². The van der Waals surface area contributed by atoms with Gasteiger partial charge in [-0.05, 0) is 29.3 Å². The Morgan fingerprint density at radius 1 is 1.00 bits per heavy atom. The van der Waals surface area contributed by atoms with Crippen LogP contribution in [0.4, 0.5) is 0 Å². The first-order valence-electron chi connectivity index (χ1n) is 4.95. The van der Waals surface area contributed by atoms with Crippen molar-refractivity contribution in [2.75, 3.05) is 0 Å². The van der Waals surface area contributed by atoms with E-state index in [4.69, 9.17) is 28.9 Å². The molecular formula is C13H11Cl2N. The molecule has 0 saturated heterocycles. The molecule has 0 bridgehead atoms. The maximum Gasteiger partial charge on any atom is 0.0487 e. The summed E-state index contributed by atoms with van der Waals surface area (Å²) in [7, 11) is 0. The number of hydrogen-bond donors (Lipinski definition) is 1. The minimum absolute atomic E-state index is 0.496. The van der Waals surface area contributed by atoms with E-state index in [-0.39, 0.29) is 0 Å². The monoisotopic (exact) mass is 251 g/mol. The third kappa shape index (κ3) is 2.38. The van der Waals surface area contributed by atoms with E-state index in [1.165, 1.54) is 0 Å². The zero-order valence-corrected chi connectivity index (χ0v) is 10.1. The van der Waals surface area contributed by atoms with E-state index in [1.807, 2.05) is 42.5 Å². The average molecular weight is 252 g/mol. The molecule has 0 aliphatic carbocycles. The molecule has 0 saturated carbocycles. The van der Waals surface area contributed by atoms with E-state index in [0.717, 1.165) is 16.7 Å². The fraction of sp³-hybridized carbons (Fsp3) is 0.0769. The van der Waals surface area contributed by atoms with Crippen molar-refractivity contribution in [3.05, 3.63) is 58.1 Å². The van der Waals surface area contributed by atoms with Crippen molar-refractivity contribution >= 4 is 23.2 Å². The average Bonchev–Trinajstić information content (AvgIpc) is 2.28. The van der Waals surface area contributed by atoms with Crippen LogP contribution in [0.5, 0.6) is 0 Å². The van der Waals surface area contributed by atoms with Crippen LogP contribution in [0, 0.1) is 0 Å². The fourth-order valence-electron chi connectivity index (χ4n) is 1.58. The summed E-state index contributed by atoms with van der Waals surface area (Å²) in [5.74, 6) is 0. The predicted octanol–water partition coefficient (Wildman–Crippen LogP) is 4.12. The maximum atomic E-state index is 6.20. The summed E-state index contributed by atoms with van der Waals surface area (Å²) in [6.45, 7) is 0.496. The van der Waals surface area contributed by atoms with Crippen molar-refractivity contribution in [1.82, 2.24) is 0 Å². The molecule has 0 aromatic heterocycles. The molecule has 82 valence electrons. The molecule has 0 aliphatic rings. The Balaban J connectivity index is 2.48. The quantitative estimate of drug-likeness (QED) is 0.854. The lowest BCUT2D eigenvalue weighted by molar-refractivity contribution is 1.07. The summed E-state index contributed by atoms with van der Waals surface area (Å²) in [6.07, 6.45) is 0. The molecule has 0 heterocycles. The van der Waals surface area contributed by atoms with E-state index in [9.17, 15) is 0 Å². The minimum atomic E-state index is 0.496. The number of hydrogen-bond acceptors (Lipinski definition) is 1. The summed E-state index contributed by atoms with van der Waals surface area (Å²) in [5.41, 5.74) is 8.56. The van der Waals surface area contributed by atoms with Crippen LogP contribution in [0.2, 0.25) is 10.0 Å². The van der Waals surface area contributed by atoms with Crippen LogP contribution in [-0.4, -0.2) is 0 Å². The third-order valence-electron chi connectivity index (χ3n) is 2.40. The van der Waals surface area contributed by atoms with Crippen molar-refractivity contribution < 1.29 is 0 Å². The lowest BCUT2D eigenvalue weighted by Crippen LogP contribution is -1.95. The first kappa shape index (κ1) is 11.5. The lowest BCUT2D eigenvalue weighted by atomic mass is 10.0. The molecule has 2 N–H and O–H groups in total. The van der Waals surface area contributed by atoms with Gasteiger partial charge in [-0.25, -0.2) is 0 Å². The highest BCUT2D eigenvalue weighted by molar-refractivity contribution is 6.33. The molecule has 2 rings (SSSR count). The van der Waals surface area contributed by atoms with Crippen LogP contribution in [0.25, 0.3) is 11.1 Å². The predicted molar refractivity (Wildman–Crippen MR) is 69.8 cm³/mol. The first-order chi connectivity index (χ1) is 7.70. The standard InChI is InChI=1S/C13H11Cl2N/c14-11-3-1-2-10(7-11)12-5-4-9(8-16)6-13(12)15/h1-7H,8,16H2. The van der Waals surface area contributed by atoms with Gasteiger partial charge in [-0.3, -0.25) is 0 Å². The number of rotatable bonds is 2. The molecule has 0 radical (unpaired) electrons. The molecular weight excluding hydrogens is 241 g/mol. The molecule has 3 heteroatoms. The van der Waals surface area contributed by atoms with Crippen molar-refractivity contribution in [3.63, 3.8) is 0 Å². The zero-order chi connectivity index (χ0) is 11.5. The van der Waals surface area contributed by atoms with Crippen LogP contribution in [0.3, 0.4) is 0 Å². The van der Waals surface area contributed by atoms with E-state index < -0.39 is 0 Å². The molecule has 0 spiro atoms. The summed E-state index contributed by atoms with van der Waals surface area (Å²) in [6, 6.07) is 13.5. The number of nitrogens with two attached hydrogens (primary N) is 1. The minimum Gasteiger partial charge on any atom is -0.326 e. The maximum absolute atomic E-state index is 6.20. The summed E-state index contributed by atoms with van der Waals surface area (Å²) < 4.78 is 0. The van der Waals surface area contributed by atoms with Crippen LogP contribution >= 0.6 is 23.2 Å². The molecule has 0 fully saturated rings. The van der Waals surface area contributed by atoms with E-state index in [1.54, 1.807) is 0 Å². The van der Waals surface area contributed by atoms with Crippen LogP contribution in [0.15, 0.2) is 42.5 Å². The molecule has 2 aromatic rings. The normalized spacial score (nSPS) is 10.4. The summed E-state index contributed by atoms with van der Waals surface area (Å²) in [5, 5.41) is 1.40. The highest BCUT2D eigenvalue weighted by Crippen LogP contribution is 2.30. The third-order valence-corrected chi connectivity index (χ3v) is 2.95. The Morgan fingerprint density at radius 2 is 1.81 bits per heavy atom. The van der Waals surface area contributed by atoms with Crippen molar-refractivity contribution in [1.29, 1.82) is 0 Å². The molecule has 16 heavy (non-hydrogen) atoms. The second-order valence-corrected chi connectivity index (χ2v) is 4.37. The Bertz CT molecular complexity index is 509. The van der Waals surface area contributed by atoms with Gasteiger partial charge in [-0.15, -0.1) is 0 Å². The van der Waals surface area contributed by atoms with Gasteiger partial charge in [0, 0.05) is 22.2 Å². The van der Waals surface area contributed by atoms with Crippen LogP contribution in [-0.2, 0) is 6.54 Å². The van der Waals surface area contributed by atoms with Gasteiger partial charge in [0.05, 0.1) is 0 Å². The topological polar surface area (TPSA) is 26.0 Å². The Kier molecular flexibility index (Phi) is 3.49. The fourth-order valence-corrected chi connectivity index (χ4v) is 2.08. The second kappa shape index (κ2) is 4.88. The molecule has 0 amide bonds. The largest absolute Gasteiger partial charge is 0.326 e. The van der Waals surface area contributed by atoms with Gasteiger partial charge in [-0.2, -0.15) is 0 Å². The summed E-state index contributed by atoms with van der Waals surface area (Å²) in [4.78, 5) is 0. The highest BCUT2D eigenvalue weighted by Gasteiger charge is 2.04. The first-order valence-corrected chi connectivity index (χ1v) is 5.71. The molecule has 0 aliphatic heterocycles. The number of halogens is 2. The Hall–Kier alpha value is -1.02. The van der Waals surface area contributed by atoms with Gasteiger partial charge in [0.15, 0.2) is 0 Å². The molecule has 1 nitrogen and oxygen atoms in total. The van der Waals surface area contributed by atoms with Crippen LogP contribution in [0.1, 0.15) is 5.56 Å².